The van der Waals surface area contributed by atoms with Gasteiger partial charge >= 0.3 is 0 Å². The summed E-state index contributed by atoms with van der Waals surface area (Å²) in [6.45, 7) is 0. The number of hydrogen-bond donors (Lipinski definition) is 1. The Morgan fingerprint density at radius 2 is 2.15 bits per heavy atom. The molecule has 1 aliphatic rings. The van der Waals surface area contributed by atoms with E-state index in [0.717, 1.165) is 23.7 Å². The zero-order valence-electron chi connectivity index (χ0n) is 7.41. The van der Waals surface area contributed by atoms with Gasteiger partial charge in [0, 0.05) is 4.47 Å². The van der Waals surface area contributed by atoms with E-state index in [1.165, 1.54) is 5.56 Å². The van der Waals surface area contributed by atoms with E-state index in [-0.39, 0.29) is 6.10 Å². The quantitative estimate of drug-likeness (QED) is 0.801. The van der Waals surface area contributed by atoms with Crippen molar-refractivity contribution in [2.75, 3.05) is 0 Å². The van der Waals surface area contributed by atoms with Crippen LogP contribution in [0.2, 0.25) is 0 Å². The second-order valence-corrected chi connectivity index (χ2v) is 4.63. The Morgan fingerprint density at radius 3 is 2.77 bits per heavy atom. The maximum atomic E-state index is 9.42. The minimum atomic E-state index is -0.0796. The van der Waals surface area contributed by atoms with Gasteiger partial charge in [0.2, 0.25) is 0 Å². The first kappa shape index (κ1) is 9.22. The Labute approximate surface area is 86.9 Å². The fraction of sp³-hybridized carbons (Fsp3) is 0.455. The van der Waals surface area contributed by atoms with Crippen LogP contribution in [0.4, 0.5) is 0 Å². The minimum Gasteiger partial charge on any atom is -0.393 e. The summed E-state index contributed by atoms with van der Waals surface area (Å²) in [5, 5.41) is 9.42. The lowest BCUT2D eigenvalue weighted by molar-refractivity contribution is 0.181. The van der Waals surface area contributed by atoms with E-state index in [4.69, 9.17) is 0 Å². The van der Waals surface area contributed by atoms with Crippen molar-refractivity contribution in [2.24, 2.45) is 0 Å². The molecular weight excluding hydrogens is 228 g/mol. The smallest absolute Gasteiger partial charge is 0.0546 e. The highest BCUT2D eigenvalue weighted by molar-refractivity contribution is 9.10. The predicted octanol–water partition coefficient (Wildman–Crippen LogP) is 3.08. The van der Waals surface area contributed by atoms with Crippen LogP contribution >= 0.6 is 15.9 Å². The summed E-state index contributed by atoms with van der Waals surface area (Å²) in [6, 6.07) is 8.40. The molecule has 2 heteroatoms. The van der Waals surface area contributed by atoms with E-state index in [2.05, 4.69) is 34.1 Å². The van der Waals surface area contributed by atoms with Crippen molar-refractivity contribution in [3.8, 4) is 0 Å². The molecule has 1 aromatic carbocycles. The van der Waals surface area contributed by atoms with Crippen molar-refractivity contribution < 1.29 is 5.11 Å². The first-order valence-corrected chi connectivity index (χ1v) is 5.48. The Morgan fingerprint density at radius 1 is 1.31 bits per heavy atom. The van der Waals surface area contributed by atoms with Crippen LogP contribution in [0.15, 0.2) is 28.7 Å². The van der Waals surface area contributed by atoms with Crippen LogP contribution in [0, 0.1) is 0 Å². The average molecular weight is 241 g/mol. The van der Waals surface area contributed by atoms with Crippen LogP contribution in [0.1, 0.15) is 30.7 Å². The summed E-state index contributed by atoms with van der Waals surface area (Å²) in [7, 11) is 0. The first-order chi connectivity index (χ1) is 6.25. The summed E-state index contributed by atoms with van der Waals surface area (Å²) in [5.41, 5.74) is 1.35. The molecule has 1 aliphatic carbocycles. The van der Waals surface area contributed by atoms with E-state index in [1.807, 2.05) is 6.07 Å². The van der Waals surface area contributed by atoms with Crippen molar-refractivity contribution >= 4 is 15.9 Å². The summed E-state index contributed by atoms with van der Waals surface area (Å²) >= 11 is 3.46. The molecule has 2 rings (SSSR count). The zero-order valence-corrected chi connectivity index (χ0v) is 9.00. The van der Waals surface area contributed by atoms with E-state index in [9.17, 15) is 5.11 Å². The van der Waals surface area contributed by atoms with Gasteiger partial charge in [-0.1, -0.05) is 28.1 Å². The number of benzene rings is 1. The van der Waals surface area contributed by atoms with E-state index < -0.39 is 0 Å². The van der Waals surface area contributed by atoms with Crippen molar-refractivity contribution in [3.05, 3.63) is 34.3 Å². The number of rotatable bonds is 1. The van der Waals surface area contributed by atoms with Crippen LogP contribution in [-0.2, 0) is 0 Å². The Kier molecular flexibility index (Phi) is 2.70. The maximum absolute atomic E-state index is 9.42. The van der Waals surface area contributed by atoms with Gasteiger partial charge in [0.25, 0.3) is 0 Å². The molecule has 1 saturated carbocycles. The first-order valence-electron chi connectivity index (χ1n) is 4.69. The summed E-state index contributed by atoms with van der Waals surface area (Å²) in [4.78, 5) is 0. The molecule has 1 aromatic rings. The molecular formula is C11H13BrO. The molecule has 2 atom stereocenters. The third kappa shape index (κ3) is 2.12. The van der Waals surface area contributed by atoms with Gasteiger partial charge in [0.15, 0.2) is 0 Å². The highest BCUT2D eigenvalue weighted by Crippen LogP contribution is 2.35. The number of hydrogen-bond acceptors (Lipinski definition) is 1. The zero-order chi connectivity index (χ0) is 9.26. The molecule has 0 radical (unpaired) electrons. The maximum Gasteiger partial charge on any atom is 0.0546 e. The van der Waals surface area contributed by atoms with Crippen molar-refractivity contribution in [1.82, 2.24) is 0 Å². The van der Waals surface area contributed by atoms with Gasteiger partial charge in [0.05, 0.1) is 6.10 Å². The molecule has 13 heavy (non-hydrogen) atoms. The lowest BCUT2D eigenvalue weighted by Gasteiger charge is -2.09. The molecule has 0 amide bonds. The second kappa shape index (κ2) is 3.81. The lowest BCUT2D eigenvalue weighted by atomic mass is 9.98. The number of halogens is 1. The third-order valence-electron chi connectivity index (χ3n) is 2.73. The topological polar surface area (TPSA) is 20.2 Å². The Hall–Kier alpha value is -0.340. The van der Waals surface area contributed by atoms with Crippen molar-refractivity contribution in [1.29, 1.82) is 0 Å². The summed E-state index contributed by atoms with van der Waals surface area (Å²) in [5.74, 6) is 0.562. The largest absolute Gasteiger partial charge is 0.393 e. The molecule has 1 N–H and O–H groups in total. The fourth-order valence-electron chi connectivity index (χ4n) is 2.02. The fourth-order valence-corrected chi connectivity index (χ4v) is 2.44. The van der Waals surface area contributed by atoms with Crippen LogP contribution < -0.4 is 0 Å². The normalized spacial score (nSPS) is 27.8. The second-order valence-electron chi connectivity index (χ2n) is 3.72. The number of aliphatic hydroxyl groups is 1. The van der Waals surface area contributed by atoms with Gasteiger partial charge in [-0.2, -0.15) is 0 Å². The summed E-state index contributed by atoms with van der Waals surface area (Å²) in [6.07, 6.45) is 2.93. The molecule has 1 nitrogen and oxygen atoms in total. The van der Waals surface area contributed by atoms with Crippen LogP contribution in [0.3, 0.4) is 0 Å². The SMILES string of the molecule is O[C@@H]1CC[C@@H](c2cccc(Br)c2)C1. The van der Waals surface area contributed by atoms with Gasteiger partial charge in [-0.3, -0.25) is 0 Å². The van der Waals surface area contributed by atoms with Gasteiger partial charge in [-0.15, -0.1) is 0 Å². The average Bonchev–Trinajstić information content (AvgIpc) is 2.52. The molecule has 0 bridgehead atoms. The Balaban J connectivity index is 2.16. The lowest BCUT2D eigenvalue weighted by Crippen LogP contribution is -1.99. The van der Waals surface area contributed by atoms with Gasteiger partial charge in [-0.25, -0.2) is 0 Å². The predicted molar refractivity (Wildman–Crippen MR) is 56.7 cm³/mol. The minimum absolute atomic E-state index is 0.0796. The number of aliphatic hydroxyl groups excluding tert-OH is 1. The van der Waals surface area contributed by atoms with Crippen LogP contribution in [0.25, 0.3) is 0 Å². The van der Waals surface area contributed by atoms with Crippen molar-refractivity contribution in [3.63, 3.8) is 0 Å². The van der Waals surface area contributed by atoms with Crippen molar-refractivity contribution in [2.45, 2.75) is 31.3 Å². The molecule has 0 spiro atoms. The molecule has 0 heterocycles. The van der Waals surface area contributed by atoms with E-state index >= 15 is 0 Å². The third-order valence-corrected chi connectivity index (χ3v) is 3.22. The standard InChI is InChI=1S/C11H13BrO/c12-10-3-1-2-8(6-10)9-4-5-11(13)7-9/h1-3,6,9,11,13H,4-5,7H2/t9-,11-/m1/s1. The summed E-state index contributed by atoms with van der Waals surface area (Å²) < 4.78 is 1.13. The van der Waals surface area contributed by atoms with Crippen LogP contribution in [0.5, 0.6) is 0 Å². The highest BCUT2D eigenvalue weighted by atomic mass is 79.9. The molecule has 0 unspecified atom stereocenters. The van der Waals surface area contributed by atoms with E-state index in [0.29, 0.717) is 5.92 Å². The molecule has 1 fully saturated rings. The van der Waals surface area contributed by atoms with Gasteiger partial charge < -0.3 is 5.11 Å². The van der Waals surface area contributed by atoms with Gasteiger partial charge in [0.1, 0.15) is 0 Å². The molecule has 0 saturated heterocycles. The van der Waals surface area contributed by atoms with Gasteiger partial charge in [-0.05, 0) is 42.9 Å². The molecule has 0 aromatic heterocycles. The Bertz CT molecular complexity index is 298. The highest BCUT2D eigenvalue weighted by Gasteiger charge is 2.23. The van der Waals surface area contributed by atoms with Crippen LogP contribution in [-0.4, -0.2) is 11.2 Å². The molecule has 0 aliphatic heterocycles. The van der Waals surface area contributed by atoms with E-state index in [1.54, 1.807) is 0 Å². The molecule has 70 valence electrons. The monoisotopic (exact) mass is 240 g/mol.